The van der Waals surface area contributed by atoms with Gasteiger partial charge in [0.2, 0.25) is 0 Å². The Balaban J connectivity index is 0.00000126. The van der Waals surface area contributed by atoms with Crippen molar-refractivity contribution < 1.29 is 9.90 Å². The van der Waals surface area contributed by atoms with Gasteiger partial charge < -0.3 is 14.5 Å². The summed E-state index contributed by atoms with van der Waals surface area (Å²) in [5.41, 5.74) is 2.73. The fourth-order valence-corrected chi connectivity index (χ4v) is 4.48. The van der Waals surface area contributed by atoms with Crippen molar-refractivity contribution in [2.24, 2.45) is 7.05 Å². The zero-order valence-corrected chi connectivity index (χ0v) is 17.5. The van der Waals surface area contributed by atoms with Crippen LogP contribution in [0.4, 0.5) is 0 Å². The molecule has 2 aromatic heterocycles. The number of aryl methyl sites for hydroxylation is 1. The van der Waals surface area contributed by atoms with Crippen molar-refractivity contribution in [3.63, 3.8) is 0 Å². The molecule has 1 N–H and O–H groups in total. The molecule has 27 heavy (non-hydrogen) atoms. The highest BCUT2D eigenvalue weighted by atomic mass is 35.5. The van der Waals surface area contributed by atoms with Gasteiger partial charge in [0.25, 0.3) is 5.56 Å². The summed E-state index contributed by atoms with van der Waals surface area (Å²) >= 11 is 7.64. The van der Waals surface area contributed by atoms with Gasteiger partial charge in [0, 0.05) is 35.7 Å². The number of carbonyl (C=O) groups is 1. The van der Waals surface area contributed by atoms with E-state index in [9.17, 15) is 9.59 Å². The maximum atomic E-state index is 12.9. The average molecular weight is 406 g/mol. The lowest BCUT2D eigenvalue weighted by atomic mass is 9.91. The fraction of sp³-hybridized carbons (Fsp3) is 0.333. The molecule has 0 amide bonds. The van der Waals surface area contributed by atoms with E-state index in [2.05, 4.69) is 0 Å². The molecule has 144 valence electrons. The first-order valence-electron chi connectivity index (χ1n) is 8.76. The molecule has 0 bridgehead atoms. The van der Waals surface area contributed by atoms with Crippen molar-refractivity contribution in [2.45, 2.75) is 32.6 Å². The van der Waals surface area contributed by atoms with E-state index in [4.69, 9.17) is 16.7 Å². The summed E-state index contributed by atoms with van der Waals surface area (Å²) in [5, 5.41) is 8.55. The van der Waals surface area contributed by atoms with Crippen LogP contribution in [-0.2, 0) is 11.8 Å². The molecule has 1 unspecified atom stereocenters. The van der Waals surface area contributed by atoms with Gasteiger partial charge in [-0.05, 0) is 36.9 Å². The average Bonchev–Trinajstić information content (AvgIpc) is 3.10. The largest absolute Gasteiger partial charge is 0.400 e. The van der Waals surface area contributed by atoms with Crippen LogP contribution in [0.1, 0.15) is 36.9 Å². The van der Waals surface area contributed by atoms with Crippen molar-refractivity contribution >= 4 is 40.0 Å². The second kappa shape index (κ2) is 9.31. The van der Waals surface area contributed by atoms with Crippen molar-refractivity contribution in [1.29, 1.82) is 0 Å². The molecule has 3 aromatic rings. The minimum absolute atomic E-state index is 0.0700. The second-order valence-corrected chi connectivity index (χ2v) is 8.02. The molecule has 6 heteroatoms. The number of hydrogen-bond acceptors (Lipinski definition) is 4. The quantitative estimate of drug-likeness (QED) is 0.613. The topological polar surface area (TPSA) is 59.3 Å². The van der Waals surface area contributed by atoms with Crippen molar-refractivity contribution in [3.8, 4) is 10.4 Å². The van der Waals surface area contributed by atoms with Gasteiger partial charge in [-0.1, -0.05) is 42.6 Å². The highest BCUT2D eigenvalue weighted by Gasteiger charge is 2.23. The van der Waals surface area contributed by atoms with Gasteiger partial charge in [-0.3, -0.25) is 4.79 Å². The number of aliphatic hydroxyl groups excluding tert-OH is 1. The van der Waals surface area contributed by atoms with Crippen LogP contribution in [-0.4, -0.2) is 23.1 Å². The van der Waals surface area contributed by atoms with Crippen LogP contribution in [0.5, 0.6) is 0 Å². The van der Waals surface area contributed by atoms with Crippen LogP contribution in [0.2, 0.25) is 4.34 Å². The molecule has 1 aromatic carbocycles. The zero-order chi connectivity index (χ0) is 20.1. The summed E-state index contributed by atoms with van der Waals surface area (Å²) in [7, 11) is 2.75. The normalized spacial score (nSPS) is 11.8. The van der Waals surface area contributed by atoms with Gasteiger partial charge in [0.05, 0.1) is 10.3 Å². The Morgan fingerprint density at radius 2 is 1.93 bits per heavy atom. The summed E-state index contributed by atoms with van der Waals surface area (Å²) in [6.07, 6.45) is 2.53. The van der Waals surface area contributed by atoms with E-state index in [1.807, 2.05) is 44.2 Å². The smallest absolute Gasteiger partial charge is 0.258 e. The zero-order valence-electron chi connectivity index (χ0n) is 16.0. The molecule has 0 fully saturated rings. The first-order chi connectivity index (χ1) is 13.0. The highest BCUT2D eigenvalue weighted by Crippen LogP contribution is 2.40. The molecule has 0 aliphatic carbocycles. The summed E-state index contributed by atoms with van der Waals surface area (Å²) in [4.78, 5) is 25.7. The monoisotopic (exact) mass is 405 g/mol. The van der Waals surface area contributed by atoms with Crippen LogP contribution in [0, 0.1) is 6.92 Å². The lowest BCUT2D eigenvalue weighted by Crippen LogP contribution is -2.24. The van der Waals surface area contributed by atoms with E-state index >= 15 is 0 Å². The van der Waals surface area contributed by atoms with E-state index in [1.165, 1.54) is 11.3 Å². The number of hydrogen-bond donors (Lipinski definition) is 1. The van der Waals surface area contributed by atoms with Crippen LogP contribution in [0.15, 0.2) is 35.1 Å². The van der Waals surface area contributed by atoms with Crippen molar-refractivity contribution in [3.05, 3.63) is 56.3 Å². The van der Waals surface area contributed by atoms with Crippen molar-refractivity contribution in [1.82, 2.24) is 4.57 Å². The Bertz CT molecular complexity index is 1010. The molecule has 4 nitrogen and oxygen atoms in total. The SMILES string of the molecule is CCCC(C=O)c1c(-c2ccc(Cl)s2)c2cc(C)ccc2c(=O)n1C.CO. The molecule has 0 saturated carbocycles. The molecule has 3 rings (SSSR count). The second-order valence-electron chi connectivity index (χ2n) is 6.31. The molecule has 2 heterocycles. The maximum Gasteiger partial charge on any atom is 0.258 e. The third-order valence-electron chi connectivity index (χ3n) is 4.53. The third-order valence-corrected chi connectivity index (χ3v) is 5.78. The van der Waals surface area contributed by atoms with Crippen LogP contribution in [0.3, 0.4) is 0 Å². The summed E-state index contributed by atoms with van der Waals surface area (Å²) in [5.74, 6) is -0.316. The molecular weight excluding hydrogens is 382 g/mol. The lowest BCUT2D eigenvalue weighted by molar-refractivity contribution is -0.109. The minimum atomic E-state index is -0.316. The Morgan fingerprint density at radius 1 is 1.22 bits per heavy atom. The van der Waals surface area contributed by atoms with Gasteiger partial charge in [-0.25, -0.2) is 0 Å². The van der Waals surface area contributed by atoms with Gasteiger partial charge >= 0.3 is 0 Å². The van der Waals surface area contributed by atoms with Crippen molar-refractivity contribution in [2.75, 3.05) is 7.11 Å². The summed E-state index contributed by atoms with van der Waals surface area (Å²) < 4.78 is 2.32. The molecule has 0 aliphatic heterocycles. The third kappa shape index (κ3) is 4.15. The van der Waals surface area contributed by atoms with E-state index in [0.717, 1.165) is 46.9 Å². The Labute approximate surface area is 168 Å². The number of aromatic nitrogens is 1. The molecule has 1 atom stereocenters. The fourth-order valence-electron chi connectivity index (χ4n) is 3.37. The maximum absolute atomic E-state index is 12.9. The first-order valence-corrected chi connectivity index (χ1v) is 9.96. The number of aldehydes is 1. The Morgan fingerprint density at radius 3 is 2.48 bits per heavy atom. The standard InChI is InChI=1S/C20H20ClNO2S.CH4O/c1-4-5-13(11-23)19-18(16-8-9-17(21)25-16)15-10-12(2)6-7-14(15)20(24)22(19)3;1-2/h6-11,13H,4-5H2,1-3H3;2H,1H3. The van der Waals surface area contributed by atoms with E-state index < -0.39 is 0 Å². The first kappa shape index (κ1) is 21.4. The van der Waals surface area contributed by atoms with E-state index in [0.29, 0.717) is 16.1 Å². The highest BCUT2D eigenvalue weighted by molar-refractivity contribution is 7.19. The number of thiophene rings is 1. The summed E-state index contributed by atoms with van der Waals surface area (Å²) in [6.45, 7) is 4.05. The minimum Gasteiger partial charge on any atom is -0.400 e. The number of carbonyl (C=O) groups excluding carboxylic acids is 1. The van der Waals surface area contributed by atoms with Crippen LogP contribution >= 0.6 is 22.9 Å². The number of benzene rings is 1. The Kier molecular flexibility index (Phi) is 7.36. The van der Waals surface area contributed by atoms with Crippen LogP contribution in [0.25, 0.3) is 21.2 Å². The number of aliphatic hydroxyl groups is 1. The van der Waals surface area contributed by atoms with Crippen LogP contribution < -0.4 is 5.56 Å². The van der Waals surface area contributed by atoms with E-state index in [1.54, 1.807) is 11.6 Å². The van der Waals surface area contributed by atoms with Gasteiger partial charge in [-0.2, -0.15) is 0 Å². The number of pyridine rings is 1. The van der Waals surface area contributed by atoms with Gasteiger partial charge in [0.1, 0.15) is 6.29 Å². The molecule has 0 radical (unpaired) electrons. The van der Waals surface area contributed by atoms with Gasteiger partial charge in [-0.15, -0.1) is 11.3 Å². The Hall–Kier alpha value is -1.95. The van der Waals surface area contributed by atoms with Gasteiger partial charge in [0.15, 0.2) is 0 Å². The predicted molar refractivity (Wildman–Crippen MR) is 114 cm³/mol. The molecular formula is C21H24ClNO3S. The molecule has 0 spiro atoms. The number of nitrogens with zero attached hydrogens (tertiary/aromatic N) is 1. The lowest BCUT2D eigenvalue weighted by Gasteiger charge is -2.21. The summed E-state index contributed by atoms with van der Waals surface area (Å²) in [6, 6.07) is 9.65. The predicted octanol–water partition coefficient (Wildman–Crippen LogP) is 4.92. The van der Waals surface area contributed by atoms with E-state index in [-0.39, 0.29) is 11.5 Å². The number of rotatable bonds is 5. The number of fused-ring (bicyclic) bond motifs is 1. The number of halogens is 1. The molecule has 0 aliphatic rings. The molecule has 0 saturated heterocycles.